The smallest absolute Gasteiger partial charge is 0.178 e. The minimum absolute atomic E-state index is 0.106. The van der Waals surface area contributed by atoms with E-state index in [1.54, 1.807) is 18.2 Å². The SMILES string of the molecule is NCCC(=O)c1cccc(S(=O)(=O)CC2CCCC2)c1. The van der Waals surface area contributed by atoms with Crippen molar-refractivity contribution in [2.24, 2.45) is 11.7 Å². The van der Waals surface area contributed by atoms with Gasteiger partial charge in [-0.25, -0.2) is 8.42 Å². The molecule has 20 heavy (non-hydrogen) atoms. The van der Waals surface area contributed by atoms with E-state index in [2.05, 4.69) is 0 Å². The Hall–Kier alpha value is -1.20. The fraction of sp³-hybridized carbons (Fsp3) is 0.533. The van der Waals surface area contributed by atoms with Crippen LogP contribution in [0.25, 0.3) is 0 Å². The van der Waals surface area contributed by atoms with Gasteiger partial charge in [0.1, 0.15) is 0 Å². The highest BCUT2D eigenvalue weighted by atomic mass is 32.2. The van der Waals surface area contributed by atoms with Crippen molar-refractivity contribution in [2.45, 2.75) is 37.0 Å². The first-order valence-electron chi connectivity index (χ1n) is 7.09. The van der Waals surface area contributed by atoms with Crippen molar-refractivity contribution in [3.8, 4) is 0 Å². The lowest BCUT2D eigenvalue weighted by Gasteiger charge is -2.10. The summed E-state index contributed by atoms with van der Waals surface area (Å²) in [5, 5.41) is 0. The lowest BCUT2D eigenvalue weighted by atomic mass is 10.1. The van der Waals surface area contributed by atoms with Crippen LogP contribution in [0, 0.1) is 5.92 Å². The Balaban J connectivity index is 2.18. The highest BCUT2D eigenvalue weighted by Crippen LogP contribution is 2.28. The molecule has 0 spiro atoms. The van der Waals surface area contributed by atoms with Crippen LogP contribution in [-0.2, 0) is 9.84 Å². The number of hydrogen-bond acceptors (Lipinski definition) is 4. The summed E-state index contributed by atoms with van der Waals surface area (Å²) in [6.45, 7) is 0.276. The van der Waals surface area contributed by atoms with Crippen molar-refractivity contribution < 1.29 is 13.2 Å². The number of carbonyl (C=O) groups excluding carboxylic acids is 1. The molecule has 1 aromatic rings. The van der Waals surface area contributed by atoms with Gasteiger partial charge in [-0.05, 0) is 37.4 Å². The molecule has 0 radical (unpaired) electrons. The molecule has 4 nitrogen and oxygen atoms in total. The van der Waals surface area contributed by atoms with Crippen LogP contribution in [0.1, 0.15) is 42.5 Å². The zero-order valence-corrected chi connectivity index (χ0v) is 12.4. The normalized spacial score (nSPS) is 16.4. The highest BCUT2D eigenvalue weighted by Gasteiger charge is 2.24. The van der Waals surface area contributed by atoms with E-state index in [0.29, 0.717) is 5.56 Å². The molecule has 1 aromatic carbocycles. The maximum atomic E-state index is 12.4. The van der Waals surface area contributed by atoms with E-state index >= 15 is 0 Å². The molecule has 110 valence electrons. The van der Waals surface area contributed by atoms with Crippen LogP contribution in [0.5, 0.6) is 0 Å². The molecule has 0 saturated heterocycles. The molecule has 0 aromatic heterocycles. The van der Waals surface area contributed by atoms with Gasteiger partial charge >= 0.3 is 0 Å². The standard InChI is InChI=1S/C15H21NO3S/c16-9-8-15(17)13-6-3-7-14(10-13)20(18,19)11-12-4-1-2-5-12/h3,6-7,10,12H,1-2,4-5,8-9,11,16H2. The summed E-state index contributed by atoms with van der Waals surface area (Å²) < 4.78 is 24.8. The van der Waals surface area contributed by atoms with Crippen molar-refractivity contribution >= 4 is 15.6 Å². The predicted molar refractivity (Wildman–Crippen MR) is 78.5 cm³/mol. The van der Waals surface area contributed by atoms with Gasteiger partial charge in [0, 0.05) is 12.0 Å². The van der Waals surface area contributed by atoms with Crippen LogP contribution < -0.4 is 5.73 Å². The van der Waals surface area contributed by atoms with E-state index < -0.39 is 9.84 Å². The van der Waals surface area contributed by atoms with Crippen LogP contribution in [0.2, 0.25) is 0 Å². The van der Waals surface area contributed by atoms with Gasteiger partial charge in [-0.1, -0.05) is 25.0 Å². The Morgan fingerprint density at radius 3 is 2.60 bits per heavy atom. The molecule has 5 heteroatoms. The minimum Gasteiger partial charge on any atom is -0.330 e. The molecule has 0 unspecified atom stereocenters. The molecule has 1 saturated carbocycles. The molecule has 0 heterocycles. The fourth-order valence-corrected chi connectivity index (χ4v) is 4.46. The van der Waals surface area contributed by atoms with E-state index in [0.717, 1.165) is 25.7 Å². The average molecular weight is 295 g/mol. The molecule has 0 amide bonds. The average Bonchev–Trinajstić information content (AvgIpc) is 2.91. The number of sulfone groups is 1. The molecule has 2 rings (SSSR count). The topological polar surface area (TPSA) is 77.2 Å². The Kier molecular flexibility index (Phi) is 4.94. The van der Waals surface area contributed by atoms with Crippen LogP contribution in [0.15, 0.2) is 29.2 Å². The summed E-state index contributed by atoms with van der Waals surface area (Å²) in [5.41, 5.74) is 5.79. The minimum atomic E-state index is -3.30. The quantitative estimate of drug-likeness (QED) is 0.816. The molecular weight excluding hydrogens is 274 g/mol. The van der Waals surface area contributed by atoms with Gasteiger partial charge in [-0.3, -0.25) is 4.79 Å². The number of Topliss-reactive ketones (excluding diaryl/α,β-unsaturated/α-hetero) is 1. The number of nitrogens with two attached hydrogens (primary N) is 1. The second-order valence-corrected chi connectivity index (χ2v) is 7.46. The number of benzene rings is 1. The molecule has 1 aliphatic rings. The summed E-state index contributed by atoms with van der Waals surface area (Å²) >= 11 is 0. The first-order chi connectivity index (χ1) is 9.53. The molecule has 0 aliphatic heterocycles. The first-order valence-corrected chi connectivity index (χ1v) is 8.74. The fourth-order valence-electron chi connectivity index (χ4n) is 2.72. The largest absolute Gasteiger partial charge is 0.330 e. The number of ketones is 1. The van der Waals surface area contributed by atoms with Crippen molar-refractivity contribution in [2.75, 3.05) is 12.3 Å². The number of hydrogen-bond donors (Lipinski definition) is 1. The second-order valence-electron chi connectivity index (χ2n) is 5.42. The van der Waals surface area contributed by atoms with Crippen molar-refractivity contribution in [1.29, 1.82) is 0 Å². The van der Waals surface area contributed by atoms with Gasteiger partial charge in [-0.2, -0.15) is 0 Å². The molecule has 0 atom stereocenters. The second kappa shape index (κ2) is 6.50. The third-order valence-corrected chi connectivity index (χ3v) is 5.70. The van der Waals surface area contributed by atoms with Gasteiger partial charge in [0.15, 0.2) is 15.6 Å². The molecule has 0 bridgehead atoms. The van der Waals surface area contributed by atoms with E-state index in [1.165, 1.54) is 6.07 Å². The van der Waals surface area contributed by atoms with Gasteiger partial charge in [0.2, 0.25) is 0 Å². The van der Waals surface area contributed by atoms with Gasteiger partial charge in [0.25, 0.3) is 0 Å². The maximum Gasteiger partial charge on any atom is 0.178 e. The summed E-state index contributed by atoms with van der Waals surface area (Å²) in [7, 11) is -3.30. The van der Waals surface area contributed by atoms with E-state index in [-0.39, 0.29) is 35.3 Å². The lowest BCUT2D eigenvalue weighted by Crippen LogP contribution is -2.15. The summed E-state index contributed by atoms with van der Waals surface area (Å²) in [4.78, 5) is 12.1. The molecule has 1 aliphatic carbocycles. The Labute approximate surface area is 120 Å². The predicted octanol–water partition coefficient (Wildman–Crippen LogP) is 2.18. The Bertz CT molecular complexity index is 575. The van der Waals surface area contributed by atoms with E-state index in [9.17, 15) is 13.2 Å². The molecule has 1 fully saturated rings. The Morgan fingerprint density at radius 2 is 1.95 bits per heavy atom. The van der Waals surface area contributed by atoms with Crippen molar-refractivity contribution in [3.05, 3.63) is 29.8 Å². The monoisotopic (exact) mass is 295 g/mol. The van der Waals surface area contributed by atoms with Crippen LogP contribution >= 0.6 is 0 Å². The van der Waals surface area contributed by atoms with Gasteiger partial charge in [0.05, 0.1) is 10.6 Å². The Morgan fingerprint density at radius 1 is 1.25 bits per heavy atom. The number of carbonyl (C=O) groups is 1. The third kappa shape index (κ3) is 3.67. The van der Waals surface area contributed by atoms with Gasteiger partial charge in [-0.15, -0.1) is 0 Å². The van der Waals surface area contributed by atoms with Crippen LogP contribution in [0.3, 0.4) is 0 Å². The van der Waals surface area contributed by atoms with E-state index in [1.807, 2.05) is 0 Å². The lowest BCUT2D eigenvalue weighted by molar-refractivity contribution is 0.0985. The summed E-state index contributed by atoms with van der Waals surface area (Å²) in [6.07, 6.45) is 4.46. The summed E-state index contributed by atoms with van der Waals surface area (Å²) in [5.74, 6) is 0.357. The molecule has 2 N–H and O–H groups in total. The summed E-state index contributed by atoms with van der Waals surface area (Å²) in [6, 6.07) is 6.34. The van der Waals surface area contributed by atoms with Crippen LogP contribution in [0.4, 0.5) is 0 Å². The zero-order valence-electron chi connectivity index (χ0n) is 11.5. The van der Waals surface area contributed by atoms with Crippen molar-refractivity contribution in [1.82, 2.24) is 0 Å². The molecular formula is C15H21NO3S. The maximum absolute atomic E-state index is 12.4. The van der Waals surface area contributed by atoms with Gasteiger partial charge < -0.3 is 5.73 Å². The van der Waals surface area contributed by atoms with Crippen LogP contribution in [-0.4, -0.2) is 26.5 Å². The first kappa shape index (κ1) is 15.2. The van der Waals surface area contributed by atoms with E-state index in [4.69, 9.17) is 5.73 Å². The highest BCUT2D eigenvalue weighted by molar-refractivity contribution is 7.91. The number of rotatable bonds is 6. The van der Waals surface area contributed by atoms with Crippen molar-refractivity contribution in [3.63, 3.8) is 0 Å². The third-order valence-electron chi connectivity index (χ3n) is 3.82. The zero-order chi connectivity index (χ0) is 14.6.